The van der Waals surface area contributed by atoms with Gasteiger partial charge in [0.2, 0.25) is 0 Å². The smallest absolute Gasteiger partial charge is 0.0785 e. The summed E-state index contributed by atoms with van der Waals surface area (Å²) >= 11 is 0. The van der Waals surface area contributed by atoms with Crippen LogP contribution in [-0.2, 0) is 0 Å². The molecule has 0 bridgehead atoms. The van der Waals surface area contributed by atoms with Gasteiger partial charge in [0.1, 0.15) is 0 Å². The molecule has 1 aliphatic heterocycles. The Balaban J connectivity index is 2.56. The van der Waals surface area contributed by atoms with Crippen molar-refractivity contribution in [2.75, 3.05) is 27.2 Å². The minimum Gasteiger partial charge on any atom is -0.328 e. The van der Waals surface area contributed by atoms with Crippen LogP contribution >= 0.6 is 0 Å². The highest BCUT2D eigenvalue weighted by Crippen LogP contribution is 2.33. The molecule has 0 aromatic heterocycles. The summed E-state index contributed by atoms with van der Waals surface area (Å²) in [6.07, 6.45) is 8.50. The maximum absolute atomic E-state index is 2.46. The van der Waals surface area contributed by atoms with Crippen LogP contribution in [0.1, 0.15) is 59.3 Å². The quantitative estimate of drug-likeness (QED) is 0.546. The Morgan fingerprint density at radius 2 is 1.69 bits per heavy atom. The maximum Gasteiger partial charge on any atom is 0.0785 e. The largest absolute Gasteiger partial charge is 0.328 e. The van der Waals surface area contributed by atoms with Gasteiger partial charge in [-0.25, -0.2) is 0 Å². The number of nitrogens with zero attached hydrogens (tertiary/aromatic N) is 1. The third-order valence-corrected chi connectivity index (χ3v) is 4.25. The fraction of sp³-hybridized carbons (Fsp3) is 1.00. The maximum atomic E-state index is 2.46. The van der Waals surface area contributed by atoms with Gasteiger partial charge in [0, 0.05) is 0 Å². The lowest BCUT2D eigenvalue weighted by Gasteiger charge is -2.32. The molecule has 1 saturated heterocycles. The van der Waals surface area contributed by atoms with E-state index in [1.807, 2.05) is 0 Å². The average molecular weight is 226 g/mol. The first-order valence-electron chi connectivity index (χ1n) is 7.13. The number of hydrogen-bond acceptors (Lipinski definition) is 0. The molecule has 0 aromatic carbocycles. The van der Waals surface area contributed by atoms with E-state index in [4.69, 9.17) is 0 Å². The Labute approximate surface area is 103 Å². The van der Waals surface area contributed by atoms with Crippen molar-refractivity contribution < 1.29 is 4.48 Å². The van der Waals surface area contributed by atoms with Gasteiger partial charge in [-0.1, -0.05) is 27.2 Å². The van der Waals surface area contributed by atoms with Crippen molar-refractivity contribution in [1.29, 1.82) is 0 Å². The first-order chi connectivity index (χ1) is 7.31. The molecular weight excluding hydrogens is 194 g/mol. The Morgan fingerprint density at radius 3 is 2.38 bits per heavy atom. The van der Waals surface area contributed by atoms with E-state index in [0.29, 0.717) is 5.41 Å². The number of hydrogen-bond donors (Lipinski definition) is 0. The molecule has 1 atom stereocenters. The lowest BCUT2D eigenvalue weighted by Crippen LogP contribution is -2.41. The molecule has 0 amide bonds. The second-order valence-corrected chi connectivity index (χ2v) is 7.46. The first-order valence-corrected chi connectivity index (χ1v) is 7.13. The van der Waals surface area contributed by atoms with Gasteiger partial charge in [0.05, 0.1) is 27.2 Å². The fourth-order valence-corrected chi connectivity index (χ4v) is 3.15. The van der Waals surface area contributed by atoms with Gasteiger partial charge >= 0.3 is 0 Å². The van der Waals surface area contributed by atoms with Crippen molar-refractivity contribution in [2.45, 2.75) is 59.3 Å². The van der Waals surface area contributed by atoms with Crippen molar-refractivity contribution in [1.82, 2.24) is 0 Å². The topological polar surface area (TPSA) is 0 Å². The van der Waals surface area contributed by atoms with E-state index in [9.17, 15) is 0 Å². The Kier molecular flexibility index (Phi) is 4.85. The van der Waals surface area contributed by atoms with Crippen LogP contribution in [0, 0.1) is 11.3 Å². The molecule has 1 aliphatic rings. The third kappa shape index (κ3) is 5.34. The van der Waals surface area contributed by atoms with Gasteiger partial charge < -0.3 is 4.48 Å². The average Bonchev–Trinajstić information content (AvgIpc) is 2.14. The van der Waals surface area contributed by atoms with Crippen LogP contribution in [0.4, 0.5) is 0 Å². The predicted octanol–water partition coefficient (Wildman–Crippen LogP) is 4.08. The lowest BCUT2D eigenvalue weighted by atomic mass is 9.78. The molecule has 0 aliphatic carbocycles. The zero-order valence-electron chi connectivity index (χ0n) is 12.2. The molecule has 1 unspecified atom stereocenters. The summed E-state index contributed by atoms with van der Waals surface area (Å²) in [6, 6.07) is 0. The normalized spacial score (nSPS) is 31.7. The lowest BCUT2D eigenvalue weighted by molar-refractivity contribution is -0.891. The summed E-state index contributed by atoms with van der Waals surface area (Å²) in [5.41, 5.74) is 0.570. The Bertz CT molecular complexity index is 205. The zero-order valence-corrected chi connectivity index (χ0v) is 12.2. The molecule has 1 heterocycles. The highest BCUT2D eigenvalue weighted by Gasteiger charge is 2.24. The van der Waals surface area contributed by atoms with Crippen molar-refractivity contribution in [3.05, 3.63) is 0 Å². The number of rotatable bonds is 0. The molecule has 0 saturated carbocycles. The summed E-state index contributed by atoms with van der Waals surface area (Å²) in [7, 11) is 4.80. The van der Waals surface area contributed by atoms with E-state index in [0.717, 1.165) is 5.92 Å². The predicted molar refractivity (Wildman–Crippen MR) is 72.5 cm³/mol. The van der Waals surface area contributed by atoms with Crippen LogP contribution < -0.4 is 0 Å². The summed E-state index contributed by atoms with van der Waals surface area (Å²) in [5, 5.41) is 0. The van der Waals surface area contributed by atoms with Crippen LogP contribution in [0.2, 0.25) is 0 Å². The number of quaternary nitrogens is 1. The molecule has 0 N–H and O–H groups in total. The van der Waals surface area contributed by atoms with Crippen LogP contribution in [0.3, 0.4) is 0 Å². The van der Waals surface area contributed by atoms with E-state index in [-0.39, 0.29) is 0 Å². The van der Waals surface area contributed by atoms with E-state index < -0.39 is 0 Å². The van der Waals surface area contributed by atoms with Crippen molar-refractivity contribution in [3.63, 3.8) is 0 Å². The monoisotopic (exact) mass is 226 g/mol. The van der Waals surface area contributed by atoms with Crippen molar-refractivity contribution in [2.24, 2.45) is 11.3 Å². The minimum atomic E-state index is 0.570. The second kappa shape index (κ2) is 5.53. The Hall–Kier alpha value is -0.0400. The Morgan fingerprint density at radius 1 is 1.00 bits per heavy atom. The summed E-state index contributed by atoms with van der Waals surface area (Å²) in [6.45, 7) is 10.1. The van der Waals surface area contributed by atoms with Crippen LogP contribution in [-0.4, -0.2) is 31.7 Å². The van der Waals surface area contributed by atoms with Crippen LogP contribution in [0.15, 0.2) is 0 Å². The van der Waals surface area contributed by atoms with Gasteiger partial charge in [-0.15, -0.1) is 0 Å². The SMILES string of the molecule is CC1CC[N+](C)(C)CCCCCC(C)(C)C1. The van der Waals surface area contributed by atoms with E-state index in [1.54, 1.807) is 0 Å². The molecule has 1 nitrogen and oxygen atoms in total. The molecule has 96 valence electrons. The molecule has 16 heavy (non-hydrogen) atoms. The van der Waals surface area contributed by atoms with Gasteiger partial charge in [-0.3, -0.25) is 0 Å². The van der Waals surface area contributed by atoms with Gasteiger partial charge in [0.25, 0.3) is 0 Å². The molecule has 0 radical (unpaired) electrons. The van der Waals surface area contributed by atoms with Crippen LogP contribution in [0.5, 0.6) is 0 Å². The van der Waals surface area contributed by atoms with E-state index in [2.05, 4.69) is 34.9 Å². The minimum absolute atomic E-state index is 0.570. The first kappa shape index (κ1) is 14.0. The second-order valence-electron chi connectivity index (χ2n) is 7.46. The zero-order chi connectivity index (χ0) is 12.2. The molecular formula is C15H32N+. The molecule has 1 heteroatoms. The van der Waals surface area contributed by atoms with Gasteiger partial charge in [-0.05, 0) is 43.4 Å². The van der Waals surface area contributed by atoms with Crippen molar-refractivity contribution in [3.8, 4) is 0 Å². The fourth-order valence-electron chi connectivity index (χ4n) is 3.15. The summed E-state index contributed by atoms with van der Waals surface area (Å²) in [5.74, 6) is 0.894. The van der Waals surface area contributed by atoms with E-state index >= 15 is 0 Å². The molecule has 0 aromatic rings. The van der Waals surface area contributed by atoms with Gasteiger partial charge in [-0.2, -0.15) is 0 Å². The highest BCUT2D eigenvalue weighted by molar-refractivity contribution is 4.72. The summed E-state index contributed by atoms with van der Waals surface area (Å²) < 4.78 is 1.23. The van der Waals surface area contributed by atoms with Crippen LogP contribution in [0.25, 0.3) is 0 Å². The van der Waals surface area contributed by atoms with Gasteiger partial charge in [0.15, 0.2) is 0 Å². The molecule has 1 rings (SSSR count). The van der Waals surface area contributed by atoms with E-state index in [1.165, 1.54) is 56.1 Å². The third-order valence-electron chi connectivity index (χ3n) is 4.25. The molecule has 1 fully saturated rings. The van der Waals surface area contributed by atoms with Crippen molar-refractivity contribution >= 4 is 0 Å². The standard InChI is InChI=1S/C15H32N/c1-14-9-12-16(4,5)11-8-6-7-10-15(2,3)13-14/h14H,6-13H2,1-5H3/q+1. The molecule has 0 spiro atoms. The summed E-state index contributed by atoms with van der Waals surface area (Å²) in [4.78, 5) is 0. The highest BCUT2D eigenvalue weighted by atomic mass is 15.3.